The number of rotatable bonds is 0. The molecule has 0 aromatic carbocycles. The molecule has 2 nitrogen and oxygen atoms in total. The van der Waals surface area contributed by atoms with Crippen molar-refractivity contribution in [3.05, 3.63) is 11.6 Å². The molecule has 2 N–H and O–H groups in total. The maximum absolute atomic E-state index is 11.0. The molecule has 3 fully saturated rings. The largest absolute Gasteiger partial charge is 0.393 e. The first-order chi connectivity index (χ1) is 10.8. The summed E-state index contributed by atoms with van der Waals surface area (Å²) in [5.41, 5.74) is 0.751. The SMILES string of the molecule is C#C[C@]1(O)CC[C@@H]2[C@@H]3CC=C4C[C@H](O)CC[C@]4(C)[C@H]3CC[C@@]21C. The third kappa shape index (κ3) is 1.90. The van der Waals surface area contributed by atoms with Crippen LogP contribution in [0.15, 0.2) is 11.6 Å². The van der Waals surface area contributed by atoms with Crippen molar-refractivity contribution in [3.8, 4) is 12.3 Å². The molecule has 0 amide bonds. The average molecular weight is 314 g/mol. The molecular formula is C21H30O2. The fourth-order valence-electron chi connectivity index (χ4n) is 6.89. The summed E-state index contributed by atoms with van der Waals surface area (Å²) in [5, 5.41) is 21.0. The second-order valence-electron chi connectivity index (χ2n) is 9.16. The first kappa shape index (κ1) is 15.7. The van der Waals surface area contributed by atoms with Gasteiger partial charge in [-0.25, -0.2) is 0 Å². The van der Waals surface area contributed by atoms with E-state index in [1.54, 1.807) is 0 Å². The smallest absolute Gasteiger partial charge is 0.130 e. The number of fused-ring (bicyclic) bond motifs is 5. The van der Waals surface area contributed by atoms with Gasteiger partial charge in [-0.15, -0.1) is 6.42 Å². The Kier molecular flexibility index (Phi) is 3.33. The van der Waals surface area contributed by atoms with E-state index < -0.39 is 5.60 Å². The van der Waals surface area contributed by atoms with Crippen LogP contribution in [0.25, 0.3) is 0 Å². The number of allylic oxidation sites excluding steroid dienone is 1. The van der Waals surface area contributed by atoms with Crippen LogP contribution in [-0.2, 0) is 0 Å². The molecule has 126 valence electrons. The van der Waals surface area contributed by atoms with Gasteiger partial charge in [-0.3, -0.25) is 0 Å². The Morgan fingerprint density at radius 2 is 1.87 bits per heavy atom. The minimum Gasteiger partial charge on any atom is -0.393 e. The summed E-state index contributed by atoms with van der Waals surface area (Å²) in [7, 11) is 0. The van der Waals surface area contributed by atoms with E-state index in [1.165, 1.54) is 12.0 Å². The third-order valence-electron chi connectivity index (χ3n) is 8.47. The van der Waals surface area contributed by atoms with E-state index in [0.717, 1.165) is 44.9 Å². The molecule has 4 aliphatic carbocycles. The van der Waals surface area contributed by atoms with Crippen LogP contribution in [0, 0.1) is 40.9 Å². The monoisotopic (exact) mass is 314 g/mol. The quantitative estimate of drug-likeness (QED) is 0.529. The van der Waals surface area contributed by atoms with Crippen LogP contribution >= 0.6 is 0 Å². The Bertz CT molecular complexity index is 587. The second-order valence-corrected chi connectivity index (χ2v) is 9.16. The van der Waals surface area contributed by atoms with Gasteiger partial charge >= 0.3 is 0 Å². The Hall–Kier alpha value is -0.780. The van der Waals surface area contributed by atoms with Gasteiger partial charge < -0.3 is 10.2 Å². The minimum absolute atomic E-state index is 0.112. The summed E-state index contributed by atoms with van der Waals surface area (Å²) in [5.74, 6) is 4.65. The van der Waals surface area contributed by atoms with Crippen LogP contribution in [-0.4, -0.2) is 21.9 Å². The van der Waals surface area contributed by atoms with Gasteiger partial charge in [0.15, 0.2) is 0 Å². The summed E-state index contributed by atoms with van der Waals surface area (Å²) in [6.07, 6.45) is 16.1. The molecule has 4 aliphatic rings. The molecule has 0 aromatic heterocycles. The predicted molar refractivity (Wildman–Crippen MR) is 91.5 cm³/mol. The summed E-state index contributed by atoms with van der Waals surface area (Å²) >= 11 is 0. The van der Waals surface area contributed by atoms with Crippen molar-refractivity contribution in [3.63, 3.8) is 0 Å². The topological polar surface area (TPSA) is 40.5 Å². The third-order valence-corrected chi connectivity index (χ3v) is 8.47. The first-order valence-electron chi connectivity index (χ1n) is 9.42. The van der Waals surface area contributed by atoms with E-state index in [4.69, 9.17) is 6.42 Å². The molecule has 0 saturated heterocycles. The van der Waals surface area contributed by atoms with Crippen molar-refractivity contribution < 1.29 is 10.2 Å². The highest BCUT2D eigenvalue weighted by molar-refractivity contribution is 5.28. The summed E-state index contributed by atoms with van der Waals surface area (Å²) in [4.78, 5) is 0. The zero-order valence-electron chi connectivity index (χ0n) is 14.5. The second kappa shape index (κ2) is 4.87. The van der Waals surface area contributed by atoms with E-state index in [-0.39, 0.29) is 16.9 Å². The van der Waals surface area contributed by atoms with Crippen LogP contribution < -0.4 is 0 Å². The fraction of sp³-hybridized carbons (Fsp3) is 0.810. The lowest BCUT2D eigenvalue weighted by atomic mass is 9.47. The summed E-state index contributed by atoms with van der Waals surface area (Å²) in [6, 6.07) is 0. The van der Waals surface area contributed by atoms with Gasteiger partial charge in [-0.05, 0) is 74.5 Å². The van der Waals surface area contributed by atoms with Crippen LogP contribution in [0.4, 0.5) is 0 Å². The van der Waals surface area contributed by atoms with Crippen LogP contribution in [0.5, 0.6) is 0 Å². The lowest BCUT2D eigenvalue weighted by Gasteiger charge is -2.58. The molecule has 2 heteroatoms. The average Bonchev–Trinajstić information content (AvgIpc) is 2.80. The number of hydrogen-bond donors (Lipinski definition) is 2. The standard InChI is InChI=1S/C21H30O2/c1-4-21(23)12-9-18-16-6-5-14-13-15(22)7-10-19(14,2)17(16)8-11-20(18,21)3/h1,5,15-18,22-23H,6-13H2,2-3H3/t15-,16-,17+,18-,19+,20+,21+/m1/s1. The fourth-order valence-corrected chi connectivity index (χ4v) is 6.89. The van der Waals surface area contributed by atoms with Crippen molar-refractivity contribution in [1.29, 1.82) is 0 Å². The Morgan fingerprint density at radius 3 is 2.61 bits per heavy atom. The number of terminal acetylenes is 1. The van der Waals surface area contributed by atoms with Gasteiger partial charge in [0.05, 0.1) is 6.10 Å². The highest BCUT2D eigenvalue weighted by Crippen LogP contribution is 2.66. The number of aliphatic hydroxyl groups is 2. The van der Waals surface area contributed by atoms with Crippen molar-refractivity contribution in [1.82, 2.24) is 0 Å². The van der Waals surface area contributed by atoms with Crippen molar-refractivity contribution in [2.45, 2.75) is 76.9 Å². The van der Waals surface area contributed by atoms with Crippen LogP contribution in [0.3, 0.4) is 0 Å². The molecule has 0 aromatic rings. The van der Waals surface area contributed by atoms with Gasteiger partial charge in [-0.1, -0.05) is 31.4 Å². The van der Waals surface area contributed by atoms with Crippen LogP contribution in [0.1, 0.15) is 65.2 Å². The van der Waals surface area contributed by atoms with E-state index in [2.05, 4.69) is 25.8 Å². The zero-order valence-corrected chi connectivity index (χ0v) is 14.5. The molecule has 0 radical (unpaired) electrons. The summed E-state index contributed by atoms with van der Waals surface area (Å²) < 4.78 is 0. The molecule has 23 heavy (non-hydrogen) atoms. The van der Waals surface area contributed by atoms with Gasteiger partial charge in [0.1, 0.15) is 5.60 Å². The maximum atomic E-state index is 11.0. The molecule has 3 saturated carbocycles. The van der Waals surface area contributed by atoms with E-state index in [9.17, 15) is 10.2 Å². The lowest BCUT2D eigenvalue weighted by Crippen LogP contribution is -2.54. The van der Waals surface area contributed by atoms with Crippen molar-refractivity contribution in [2.75, 3.05) is 0 Å². The van der Waals surface area contributed by atoms with E-state index in [1.807, 2.05) is 0 Å². The normalized spacial score (nSPS) is 55.2. The first-order valence-corrected chi connectivity index (χ1v) is 9.42. The van der Waals surface area contributed by atoms with Gasteiger partial charge in [0.25, 0.3) is 0 Å². The highest BCUT2D eigenvalue weighted by Gasteiger charge is 2.63. The van der Waals surface area contributed by atoms with E-state index >= 15 is 0 Å². The molecule has 0 aliphatic heterocycles. The zero-order chi connectivity index (χ0) is 16.5. The molecule has 0 bridgehead atoms. The van der Waals surface area contributed by atoms with Gasteiger partial charge in [0, 0.05) is 5.41 Å². The Balaban J connectivity index is 1.69. The highest BCUT2D eigenvalue weighted by atomic mass is 16.3. The number of hydrogen-bond acceptors (Lipinski definition) is 2. The molecule has 7 atom stereocenters. The molecule has 0 unspecified atom stereocenters. The van der Waals surface area contributed by atoms with Crippen molar-refractivity contribution >= 4 is 0 Å². The number of aliphatic hydroxyl groups excluding tert-OH is 1. The van der Waals surface area contributed by atoms with Gasteiger partial charge in [0.2, 0.25) is 0 Å². The maximum Gasteiger partial charge on any atom is 0.130 e. The minimum atomic E-state index is -0.906. The van der Waals surface area contributed by atoms with Crippen molar-refractivity contribution in [2.24, 2.45) is 28.6 Å². The molecular weight excluding hydrogens is 284 g/mol. The van der Waals surface area contributed by atoms with E-state index in [0.29, 0.717) is 17.8 Å². The Labute approximate surface area is 140 Å². The summed E-state index contributed by atoms with van der Waals surface area (Å²) in [6.45, 7) is 4.68. The lowest BCUT2D eigenvalue weighted by molar-refractivity contribution is -0.0969. The Morgan fingerprint density at radius 1 is 1.13 bits per heavy atom. The predicted octanol–water partition coefficient (Wildman–Crippen LogP) is 3.67. The molecule has 0 spiro atoms. The van der Waals surface area contributed by atoms with Gasteiger partial charge in [-0.2, -0.15) is 0 Å². The molecule has 0 heterocycles. The molecule has 4 rings (SSSR count). The van der Waals surface area contributed by atoms with Crippen LogP contribution in [0.2, 0.25) is 0 Å².